The Bertz CT molecular complexity index is 1110. The van der Waals surface area contributed by atoms with E-state index in [0.29, 0.717) is 16.3 Å². The average Bonchev–Trinajstić information content (AvgIpc) is 3.06. The van der Waals surface area contributed by atoms with Crippen molar-refractivity contribution in [1.29, 1.82) is 0 Å². The third-order valence-electron chi connectivity index (χ3n) is 3.55. The van der Waals surface area contributed by atoms with Gasteiger partial charge in [-0.3, -0.25) is 9.78 Å². The zero-order valence-corrected chi connectivity index (χ0v) is 13.9. The molecule has 2 N–H and O–H groups in total. The predicted octanol–water partition coefficient (Wildman–Crippen LogP) is 2.97. The van der Waals surface area contributed by atoms with Crippen LogP contribution in [0.5, 0.6) is 0 Å². The summed E-state index contributed by atoms with van der Waals surface area (Å²) in [7, 11) is 0. The second kappa shape index (κ2) is 6.29. The number of fused-ring (bicyclic) bond motifs is 1. The lowest BCUT2D eigenvalue weighted by Crippen LogP contribution is -2.14. The van der Waals surface area contributed by atoms with E-state index in [1.807, 2.05) is 30.3 Å². The standard InChI is InChI=1S/C18H13N5OS/c19-14-6-4-13(5-7-14)17-22-23-16(24)10-15(21-18(23)25-17)8-3-12-2-1-9-20-11-12/h1-11H,19H2/b8-3+. The molecule has 7 heteroatoms. The molecule has 3 aromatic heterocycles. The first-order valence-corrected chi connectivity index (χ1v) is 8.36. The van der Waals surface area contributed by atoms with Gasteiger partial charge in [0, 0.05) is 29.7 Å². The normalized spacial score (nSPS) is 11.4. The van der Waals surface area contributed by atoms with E-state index < -0.39 is 0 Å². The van der Waals surface area contributed by atoms with E-state index >= 15 is 0 Å². The van der Waals surface area contributed by atoms with E-state index in [2.05, 4.69) is 15.1 Å². The molecule has 0 unspecified atom stereocenters. The topological polar surface area (TPSA) is 86.2 Å². The van der Waals surface area contributed by atoms with Gasteiger partial charge in [-0.1, -0.05) is 23.5 Å². The Morgan fingerprint density at radius 2 is 1.96 bits per heavy atom. The molecule has 0 aliphatic heterocycles. The van der Waals surface area contributed by atoms with Gasteiger partial charge in [-0.2, -0.15) is 9.61 Å². The molecule has 0 atom stereocenters. The van der Waals surface area contributed by atoms with E-state index in [1.54, 1.807) is 30.6 Å². The van der Waals surface area contributed by atoms with E-state index in [1.165, 1.54) is 21.9 Å². The number of nitrogens with zero attached hydrogens (tertiary/aromatic N) is 4. The van der Waals surface area contributed by atoms with Gasteiger partial charge < -0.3 is 5.73 Å². The quantitative estimate of drug-likeness (QED) is 0.576. The van der Waals surface area contributed by atoms with Gasteiger partial charge in [0.2, 0.25) is 4.96 Å². The van der Waals surface area contributed by atoms with Gasteiger partial charge in [0.25, 0.3) is 5.56 Å². The van der Waals surface area contributed by atoms with E-state index in [4.69, 9.17) is 5.73 Å². The summed E-state index contributed by atoms with van der Waals surface area (Å²) in [5.74, 6) is 0. The second-order valence-corrected chi connectivity index (χ2v) is 6.32. The van der Waals surface area contributed by atoms with Gasteiger partial charge >= 0.3 is 0 Å². The van der Waals surface area contributed by atoms with Crippen molar-refractivity contribution >= 4 is 34.1 Å². The van der Waals surface area contributed by atoms with Crippen LogP contribution in [0.2, 0.25) is 0 Å². The summed E-state index contributed by atoms with van der Waals surface area (Å²) >= 11 is 1.36. The van der Waals surface area contributed by atoms with Gasteiger partial charge in [-0.25, -0.2) is 4.98 Å². The molecule has 0 radical (unpaired) electrons. The summed E-state index contributed by atoms with van der Waals surface area (Å²) in [5.41, 5.74) is 8.60. The second-order valence-electron chi connectivity index (χ2n) is 5.36. The monoisotopic (exact) mass is 347 g/mol. The van der Waals surface area contributed by atoms with Gasteiger partial charge in [0.1, 0.15) is 5.01 Å². The van der Waals surface area contributed by atoms with Gasteiger partial charge in [0.05, 0.1) is 5.69 Å². The van der Waals surface area contributed by atoms with Gasteiger partial charge in [-0.15, -0.1) is 0 Å². The molecule has 3 heterocycles. The first kappa shape index (κ1) is 15.2. The molecule has 0 amide bonds. The highest BCUT2D eigenvalue weighted by Gasteiger charge is 2.09. The highest BCUT2D eigenvalue weighted by molar-refractivity contribution is 7.19. The number of nitrogen functional groups attached to an aromatic ring is 1. The van der Waals surface area contributed by atoms with Crippen LogP contribution in [0.25, 0.3) is 27.7 Å². The molecular formula is C18H13N5OS. The van der Waals surface area contributed by atoms with Crippen LogP contribution in [0.3, 0.4) is 0 Å². The number of hydrogen-bond acceptors (Lipinski definition) is 6. The maximum Gasteiger partial charge on any atom is 0.275 e. The summed E-state index contributed by atoms with van der Waals surface area (Å²) in [6.45, 7) is 0. The van der Waals surface area contributed by atoms with Crippen molar-refractivity contribution in [3.8, 4) is 10.6 Å². The van der Waals surface area contributed by atoms with Crippen LogP contribution in [0.15, 0.2) is 59.7 Å². The molecule has 0 aliphatic rings. The molecule has 4 aromatic rings. The third-order valence-corrected chi connectivity index (χ3v) is 4.51. The molecule has 4 rings (SSSR count). The Kier molecular flexibility index (Phi) is 3.83. The van der Waals surface area contributed by atoms with Crippen molar-refractivity contribution in [1.82, 2.24) is 19.6 Å². The summed E-state index contributed by atoms with van der Waals surface area (Å²) < 4.78 is 1.32. The maximum atomic E-state index is 12.3. The minimum Gasteiger partial charge on any atom is -0.399 e. The summed E-state index contributed by atoms with van der Waals surface area (Å²) in [6, 6.07) is 12.6. The molecular weight excluding hydrogens is 334 g/mol. The Morgan fingerprint density at radius 1 is 1.12 bits per heavy atom. The summed E-state index contributed by atoms with van der Waals surface area (Å²) in [5, 5.41) is 5.08. The van der Waals surface area contributed by atoms with Crippen molar-refractivity contribution in [3.05, 3.63) is 76.5 Å². The van der Waals surface area contributed by atoms with Crippen LogP contribution in [0.4, 0.5) is 5.69 Å². The Morgan fingerprint density at radius 3 is 2.72 bits per heavy atom. The SMILES string of the molecule is Nc1ccc(-c2nn3c(=O)cc(/C=C/c4cccnc4)nc3s2)cc1. The van der Waals surface area contributed by atoms with E-state index in [-0.39, 0.29) is 5.56 Å². The first-order chi connectivity index (χ1) is 12.2. The van der Waals surface area contributed by atoms with Crippen LogP contribution in [-0.2, 0) is 0 Å². The van der Waals surface area contributed by atoms with E-state index in [9.17, 15) is 4.79 Å². The average molecular weight is 347 g/mol. The maximum absolute atomic E-state index is 12.3. The van der Waals surface area contributed by atoms with Crippen LogP contribution in [0.1, 0.15) is 11.3 Å². The van der Waals surface area contributed by atoms with Crippen LogP contribution >= 0.6 is 11.3 Å². The Balaban J connectivity index is 1.73. The van der Waals surface area contributed by atoms with Crippen LogP contribution < -0.4 is 11.3 Å². The largest absolute Gasteiger partial charge is 0.399 e. The Hall–Kier alpha value is -3.32. The smallest absolute Gasteiger partial charge is 0.275 e. The minimum absolute atomic E-state index is 0.214. The van der Waals surface area contributed by atoms with Crippen molar-refractivity contribution in [3.63, 3.8) is 0 Å². The minimum atomic E-state index is -0.214. The number of hydrogen-bond donors (Lipinski definition) is 1. The number of anilines is 1. The molecule has 0 saturated heterocycles. The van der Waals surface area contributed by atoms with Gasteiger partial charge in [-0.05, 0) is 42.0 Å². The molecule has 6 nitrogen and oxygen atoms in total. The molecule has 0 fully saturated rings. The highest BCUT2D eigenvalue weighted by atomic mass is 32.1. The highest BCUT2D eigenvalue weighted by Crippen LogP contribution is 2.25. The van der Waals surface area contributed by atoms with Crippen molar-refractivity contribution in [2.45, 2.75) is 0 Å². The predicted molar refractivity (Wildman–Crippen MR) is 100 cm³/mol. The lowest BCUT2D eigenvalue weighted by atomic mass is 10.2. The van der Waals surface area contributed by atoms with Gasteiger partial charge in [0.15, 0.2) is 0 Å². The fourth-order valence-corrected chi connectivity index (χ4v) is 3.23. The number of nitrogens with two attached hydrogens (primary N) is 1. The fraction of sp³-hybridized carbons (Fsp3) is 0. The Labute approximate surface area is 146 Å². The van der Waals surface area contributed by atoms with Crippen molar-refractivity contribution in [2.75, 3.05) is 5.73 Å². The molecule has 25 heavy (non-hydrogen) atoms. The van der Waals surface area contributed by atoms with E-state index in [0.717, 1.165) is 16.1 Å². The molecule has 122 valence electrons. The van der Waals surface area contributed by atoms with Crippen molar-refractivity contribution < 1.29 is 0 Å². The first-order valence-electron chi connectivity index (χ1n) is 7.54. The fourth-order valence-electron chi connectivity index (χ4n) is 2.31. The van der Waals surface area contributed by atoms with Crippen molar-refractivity contribution in [2.24, 2.45) is 0 Å². The zero-order chi connectivity index (χ0) is 17.2. The van der Waals surface area contributed by atoms with Crippen LogP contribution in [-0.4, -0.2) is 19.6 Å². The number of pyridine rings is 1. The summed E-state index contributed by atoms with van der Waals surface area (Å²) in [4.78, 5) is 21.4. The number of rotatable bonds is 3. The third kappa shape index (κ3) is 3.17. The molecule has 0 spiro atoms. The lowest BCUT2D eigenvalue weighted by Gasteiger charge is -1.95. The molecule has 1 aromatic carbocycles. The number of benzene rings is 1. The zero-order valence-electron chi connectivity index (χ0n) is 13.0. The summed E-state index contributed by atoms with van der Waals surface area (Å²) in [6.07, 6.45) is 7.12. The molecule has 0 saturated carbocycles. The van der Waals surface area contributed by atoms with Crippen LogP contribution in [0, 0.1) is 0 Å². The number of aromatic nitrogens is 4. The molecule has 0 bridgehead atoms. The lowest BCUT2D eigenvalue weighted by molar-refractivity contribution is 0.901. The molecule has 0 aliphatic carbocycles.